The van der Waals surface area contributed by atoms with E-state index in [0.29, 0.717) is 22.0 Å². The molecule has 0 saturated heterocycles. The fraction of sp³-hybridized carbons (Fsp3) is 0.714. The fourth-order valence-electron chi connectivity index (χ4n) is 4.25. The second-order valence-electron chi connectivity index (χ2n) is 6.82. The third kappa shape index (κ3) is 1.99. The molecule has 0 amide bonds. The number of hydrogen-bond donors (Lipinski definition) is 1. The maximum absolute atomic E-state index is 6.05. The first-order chi connectivity index (χ1) is 8.84. The quantitative estimate of drug-likeness (QED) is 0.802. The monoisotopic (exact) mass is 343 g/mol. The molecule has 3 nitrogen and oxygen atoms in total. The molecule has 2 fully saturated rings. The van der Waals surface area contributed by atoms with Gasteiger partial charge in [-0.25, -0.2) is 9.97 Å². The van der Waals surface area contributed by atoms with Crippen molar-refractivity contribution in [2.24, 2.45) is 16.7 Å². The average Bonchev–Trinajstić information content (AvgIpc) is 2.81. The summed E-state index contributed by atoms with van der Waals surface area (Å²) in [5, 5.41) is 4.09. The summed E-state index contributed by atoms with van der Waals surface area (Å²) in [5.41, 5.74) is 0.662. The molecular formula is C14H19BrClN3. The molecule has 5 heteroatoms. The summed E-state index contributed by atoms with van der Waals surface area (Å²) in [7, 11) is 0. The van der Waals surface area contributed by atoms with Gasteiger partial charge in [-0.3, -0.25) is 0 Å². The zero-order chi connectivity index (χ0) is 13.8. The molecule has 2 aliphatic rings. The maximum Gasteiger partial charge on any atom is 0.148 e. The smallest absolute Gasteiger partial charge is 0.148 e. The zero-order valence-corrected chi connectivity index (χ0v) is 13.8. The van der Waals surface area contributed by atoms with E-state index in [0.717, 1.165) is 16.2 Å². The lowest BCUT2D eigenvalue weighted by Gasteiger charge is -2.43. The second-order valence-corrected chi connectivity index (χ2v) is 7.97. The van der Waals surface area contributed by atoms with Gasteiger partial charge in [0.2, 0.25) is 0 Å². The van der Waals surface area contributed by atoms with Crippen molar-refractivity contribution >= 4 is 33.3 Å². The van der Waals surface area contributed by atoms with Crippen molar-refractivity contribution in [2.45, 2.75) is 46.1 Å². The fourth-order valence-corrected chi connectivity index (χ4v) is 4.70. The number of rotatable bonds is 2. The summed E-state index contributed by atoms with van der Waals surface area (Å²) in [6, 6.07) is 0.431. The van der Waals surface area contributed by atoms with Crippen LogP contribution in [0.2, 0.25) is 5.15 Å². The largest absolute Gasteiger partial charge is 0.365 e. The van der Waals surface area contributed by atoms with Crippen LogP contribution >= 0.6 is 27.5 Å². The van der Waals surface area contributed by atoms with E-state index < -0.39 is 0 Å². The molecule has 1 N–H and O–H groups in total. The highest BCUT2D eigenvalue weighted by Crippen LogP contribution is 2.63. The second kappa shape index (κ2) is 4.32. The number of nitrogens with one attached hydrogen (secondary N) is 1. The number of fused-ring (bicyclic) bond motifs is 2. The van der Waals surface area contributed by atoms with Gasteiger partial charge in [0.05, 0.1) is 4.47 Å². The molecule has 2 bridgehead atoms. The van der Waals surface area contributed by atoms with Crippen molar-refractivity contribution in [1.29, 1.82) is 0 Å². The van der Waals surface area contributed by atoms with E-state index in [2.05, 4.69) is 52.0 Å². The Bertz CT molecular complexity index is 515. The van der Waals surface area contributed by atoms with E-state index in [1.807, 2.05) is 0 Å². The van der Waals surface area contributed by atoms with Crippen LogP contribution in [0.25, 0.3) is 0 Å². The van der Waals surface area contributed by atoms with Gasteiger partial charge in [0.15, 0.2) is 0 Å². The van der Waals surface area contributed by atoms with E-state index in [1.165, 1.54) is 25.6 Å². The lowest BCUT2D eigenvalue weighted by atomic mass is 9.68. The van der Waals surface area contributed by atoms with Crippen LogP contribution < -0.4 is 5.32 Å². The van der Waals surface area contributed by atoms with Gasteiger partial charge in [-0.1, -0.05) is 32.4 Å². The molecule has 3 unspecified atom stereocenters. The number of aromatic nitrogens is 2. The summed E-state index contributed by atoms with van der Waals surface area (Å²) in [4.78, 5) is 8.31. The molecule has 104 valence electrons. The van der Waals surface area contributed by atoms with E-state index in [4.69, 9.17) is 11.6 Å². The molecule has 1 heterocycles. The summed E-state index contributed by atoms with van der Waals surface area (Å²) in [6.45, 7) is 7.14. The molecule has 3 rings (SSSR count). The van der Waals surface area contributed by atoms with E-state index >= 15 is 0 Å². The molecule has 0 spiro atoms. The van der Waals surface area contributed by atoms with Gasteiger partial charge in [-0.05, 0) is 51.9 Å². The lowest BCUT2D eigenvalue weighted by Crippen LogP contribution is -2.46. The maximum atomic E-state index is 6.05. The highest BCUT2D eigenvalue weighted by atomic mass is 79.9. The highest BCUT2D eigenvalue weighted by Gasteiger charge is 2.59. The first-order valence-electron chi connectivity index (χ1n) is 6.77. The third-order valence-electron chi connectivity index (χ3n) is 5.30. The van der Waals surface area contributed by atoms with Crippen molar-refractivity contribution in [3.05, 3.63) is 16.0 Å². The Hall–Kier alpha value is -0.350. The topological polar surface area (TPSA) is 37.8 Å². The summed E-state index contributed by atoms with van der Waals surface area (Å²) >= 11 is 9.52. The lowest BCUT2D eigenvalue weighted by molar-refractivity contribution is 0.155. The predicted octanol–water partition coefficient (Wildman–Crippen LogP) is 4.52. The standard InChI is InChI=1S/C14H19BrClN3/c1-13(2)8-4-5-14(3,6-8)12(13)19-11-9(15)10(16)17-7-18-11/h7-8,12H,4-6H2,1-3H3,(H,17,18,19). The van der Waals surface area contributed by atoms with E-state index in [-0.39, 0.29) is 0 Å². The van der Waals surface area contributed by atoms with Gasteiger partial charge < -0.3 is 5.32 Å². The molecule has 2 saturated carbocycles. The Kier molecular flexibility index (Phi) is 3.10. The van der Waals surface area contributed by atoms with Crippen LogP contribution in [-0.2, 0) is 0 Å². The van der Waals surface area contributed by atoms with Crippen LogP contribution in [0.1, 0.15) is 40.0 Å². The van der Waals surface area contributed by atoms with Gasteiger partial charge in [0, 0.05) is 6.04 Å². The predicted molar refractivity (Wildman–Crippen MR) is 81.4 cm³/mol. The minimum atomic E-state index is 0.296. The van der Waals surface area contributed by atoms with Crippen molar-refractivity contribution in [3.63, 3.8) is 0 Å². The van der Waals surface area contributed by atoms with Gasteiger partial charge in [-0.15, -0.1) is 0 Å². The van der Waals surface area contributed by atoms with Gasteiger partial charge in [0.25, 0.3) is 0 Å². The minimum absolute atomic E-state index is 0.296. The van der Waals surface area contributed by atoms with Crippen LogP contribution in [0.15, 0.2) is 10.8 Å². The molecule has 0 aromatic carbocycles. The van der Waals surface area contributed by atoms with E-state index in [9.17, 15) is 0 Å². The number of hydrogen-bond acceptors (Lipinski definition) is 3. The number of halogens is 2. The van der Waals surface area contributed by atoms with Crippen molar-refractivity contribution < 1.29 is 0 Å². The van der Waals surface area contributed by atoms with Crippen molar-refractivity contribution in [2.75, 3.05) is 5.32 Å². The van der Waals surface area contributed by atoms with Crippen LogP contribution in [0.5, 0.6) is 0 Å². The molecular weight excluding hydrogens is 326 g/mol. The summed E-state index contributed by atoms with van der Waals surface area (Å²) in [6.07, 6.45) is 5.48. The molecule has 0 radical (unpaired) electrons. The highest BCUT2D eigenvalue weighted by molar-refractivity contribution is 9.10. The zero-order valence-electron chi connectivity index (χ0n) is 11.5. The SMILES string of the molecule is CC12CCC(C1)C(C)(C)C2Nc1ncnc(Cl)c1Br. The Morgan fingerprint density at radius 3 is 2.74 bits per heavy atom. The Morgan fingerprint density at radius 2 is 2.11 bits per heavy atom. The first kappa shape index (κ1) is 13.6. The Morgan fingerprint density at radius 1 is 1.37 bits per heavy atom. The van der Waals surface area contributed by atoms with Crippen LogP contribution in [0.3, 0.4) is 0 Å². The van der Waals surface area contributed by atoms with Gasteiger partial charge in [-0.2, -0.15) is 0 Å². The molecule has 19 heavy (non-hydrogen) atoms. The molecule has 1 aromatic heterocycles. The van der Waals surface area contributed by atoms with Crippen LogP contribution in [-0.4, -0.2) is 16.0 Å². The molecule has 1 aromatic rings. The minimum Gasteiger partial charge on any atom is -0.365 e. The number of nitrogens with zero attached hydrogens (tertiary/aromatic N) is 2. The normalized spacial score (nSPS) is 35.6. The summed E-state index contributed by atoms with van der Waals surface area (Å²) in [5.74, 6) is 1.62. The van der Waals surface area contributed by atoms with Crippen molar-refractivity contribution in [1.82, 2.24) is 9.97 Å². The van der Waals surface area contributed by atoms with Crippen LogP contribution in [0, 0.1) is 16.7 Å². The summed E-state index contributed by atoms with van der Waals surface area (Å²) < 4.78 is 0.763. The average molecular weight is 345 g/mol. The van der Waals surface area contributed by atoms with Crippen LogP contribution in [0.4, 0.5) is 5.82 Å². The third-order valence-corrected chi connectivity index (χ3v) is 6.56. The Labute approximate surface area is 127 Å². The molecule has 2 aliphatic carbocycles. The Balaban J connectivity index is 1.93. The first-order valence-corrected chi connectivity index (χ1v) is 7.94. The van der Waals surface area contributed by atoms with E-state index in [1.54, 1.807) is 0 Å². The van der Waals surface area contributed by atoms with Crippen molar-refractivity contribution in [3.8, 4) is 0 Å². The number of anilines is 1. The molecule has 0 aliphatic heterocycles. The molecule has 3 atom stereocenters. The van der Waals surface area contributed by atoms with Gasteiger partial charge in [0.1, 0.15) is 17.3 Å². The van der Waals surface area contributed by atoms with Gasteiger partial charge >= 0.3 is 0 Å².